The van der Waals surface area contributed by atoms with E-state index in [0.29, 0.717) is 18.6 Å². The zero-order chi connectivity index (χ0) is 7.98. The fraction of sp³-hybridized carbons (Fsp3) is 0.714. The Morgan fingerprint density at radius 3 is 2.40 bits per heavy atom. The van der Waals surface area contributed by atoms with Gasteiger partial charge in [-0.05, 0) is 12.8 Å². The summed E-state index contributed by atoms with van der Waals surface area (Å²) in [6.07, 6.45) is 2.05. The summed E-state index contributed by atoms with van der Waals surface area (Å²) in [6.45, 7) is 3.83. The van der Waals surface area contributed by atoms with Gasteiger partial charge in [0.2, 0.25) is 0 Å². The van der Waals surface area contributed by atoms with Crippen molar-refractivity contribution >= 4 is 11.5 Å². The van der Waals surface area contributed by atoms with E-state index in [2.05, 4.69) is 5.10 Å². The van der Waals surface area contributed by atoms with Gasteiger partial charge in [-0.25, -0.2) is 0 Å². The third-order valence-corrected chi connectivity index (χ3v) is 1.29. The lowest BCUT2D eigenvalue weighted by atomic mass is 10.1. The molecule has 0 aliphatic heterocycles. The number of nitrogens with zero attached hydrogens (tertiary/aromatic N) is 1. The molecular weight excluding hydrogens is 128 g/mol. The van der Waals surface area contributed by atoms with E-state index in [9.17, 15) is 4.79 Å². The molecule has 0 unspecified atom stereocenters. The molecule has 0 spiro atoms. The second kappa shape index (κ2) is 4.97. The molecule has 3 heteroatoms. The van der Waals surface area contributed by atoms with Crippen molar-refractivity contribution in [2.24, 2.45) is 10.9 Å². The number of hydrazone groups is 1. The molecule has 0 radical (unpaired) electrons. The van der Waals surface area contributed by atoms with Gasteiger partial charge < -0.3 is 5.84 Å². The van der Waals surface area contributed by atoms with Crippen molar-refractivity contribution in [3.63, 3.8) is 0 Å². The van der Waals surface area contributed by atoms with Crippen molar-refractivity contribution in [2.75, 3.05) is 0 Å². The standard InChI is InChI=1S/C7H14N2O/c1-3-5-7(10)6(4-2)9-8/h3-5,8H2,1-2H3/b9-6-. The Morgan fingerprint density at radius 1 is 1.50 bits per heavy atom. The molecule has 0 fully saturated rings. The molecule has 0 aromatic heterocycles. The molecule has 0 saturated heterocycles. The van der Waals surface area contributed by atoms with Crippen LogP contribution in [-0.4, -0.2) is 11.5 Å². The molecule has 0 amide bonds. The first kappa shape index (κ1) is 9.14. The van der Waals surface area contributed by atoms with Gasteiger partial charge in [0.15, 0.2) is 5.78 Å². The summed E-state index contributed by atoms with van der Waals surface area (Å²) < 4.78 is 0. The minimum Gasteiger partial charge on any atom is -0.323 e. The quantitative estimate of drug-likeness (QED) is 0.363. The van der Waals surface area contributed by atoms with Crippen molar-refractivity contribution < 1.29 is 4.79 Å². The zero-order valence-electron chi connectivity index (χ0n) is 6.55. The van der Waals surface area contributed by atoms with E-state index in [1.54, 1.807) is 0 Å². The smallest absolute Gasteiger partial charge is 0.178 e. The lowest BCUT2D eigenvalue weighted by Gasteiger charge is -1.97. The van der Waals surface area contributed by atoms with Gasteiger partial charge in [0.1, 0.15) is 5.71 Å². The average Bonchev–Trinajstić information content (AvgIpc) is 1.91. The molecule has 10 heavy (non-hydrogen) atoms. The molecule has 2 N–H and O–H groups in total. The molecule has 0 aromatic rings. The Labute approximate surface area is 61.3 Å². The van der Waals surface area contributed by atoms with Gasteiger partial charge in [0.25, 0.3) is 0 Å². The Kier molecular flexibility index (Phi) is 4.54. The predicted molar refractivity (Wildman–Crippen MR) is 41.8 cm³/mol. The van der Waals surface area contributed by atoms with Crippen LogP contribution in [0.4, 0.5) is 0 Å². The van der Waals surface area contributed by atoms with Crippen LogP contribution in [-0.2, 0) is 4.79 Å². The lowest BCUT2D eigenvalue weighted by Crippen LogP contribution is -2.14. The molecule has 58 valence electrons. The number of rotatable bonds is 4. The monoisotopic (exact) mass is 142 g/mol. The third-order valence-electron chi connectivity index (χ3n) is 1.29. The Bertz CT molecular complexity index is 141. The van der Waals surface area contributed by atoms with Crippen LogP contribution >= 0.6 is 0 Å². The Morgan fingerprint density at radius 2 is 2.10 bits per heavy atom. The molecule has 0 aliphatic rings. The molecule has 0 atom stereocenters. The van der Waals surface area contributed by atoms with E-state index < -0.39 is 0 Å². The maximum Gasteiger partial charge on any atom is 0.178 e. The van der Waals surface area contributed by atoms with Crippen LogP contribution in [0.3, 0.4) is 0 Å². The van der Waals surface area contributed by atoms with Crippen LogP contribution in [0.1, 0.15) is 33.1 Å². The SMILES string of the molecule is CCCC(=O)/C(CC)=N\N. The van der Waals surface area contributed by atoms with E-state index in [4.69, 9.17) is 5.84 Å². The summed E-state index contributed by atoms with van der Waals surface area (Å²) in [4.78, 5) is 11.0. The minimum absolute atomic E-state index is 0.0764. The van der Waals surface area contributed by atoms with Crippen LogP contribution in [0, 0.1) is 0 Å². The lowest BCUT2D eigenvalue weighted by molar-refractivity contribution is -0.113. The summed E-state index contributed by atoms with van der Waals surface area (Å²) in [6, 6.07) is 0. The molecular formula is C7H14N2O. The number of Topliss-reactive ketones (excluding diaryl/α,β-unsaturated/α-hetero) is 1. The summed E-state index contributed by atoms with van der Waals surface area (Å²) in [7, 11) is 0. The van der Waals surface area contributed by atoms with Gasteiger partial charge in [-0.3, -0.25) is 4.79 Å². The van der Waals surface area contributed by atoms with E-state index in [0.717, 1.165) is 6.42 Å². The first-order valence-corrected chi connectivity index (χ1v) is 3.56. The van der Waals surface area contributed by atoms with Crippen molar-refractivity contribution in [1.29, 1.82) is 0 Å². The summed E-state index contributed by atoms with van der Waals surface area (Å²) in [5, 5.41) is 3.39. The Balaban J connectivity index is 3.91. The van der Waals surface area contributed by atoms with Crippen LogP contribution in [0.25, 0.3) is 0 Å². The first-order chi connectivity index (χ1) is 4.76. The fourth-order valence-corrected chi connectivity index (χ4v) is 0.732. The number of hydrogen-bond donors (Lipinski definition) is 1. The van der Waals surface area contributed by atoms with Gasteiger partial charge in [-0.2, -0.15) is 5.10 Å². The van der Waals surface area contributed by atoms with E-state index in [1.807, 2.05) is 13.8 Å². The van der Waals surface area contributed by atoms with Crippen molar-refractivity contribution in [1.82, 2.24) is 0 Å². The largest absolute Gasteiger partial charge is 0.323 e. The van der Waals surface area contributed by atoms with Gasteiger partial charge in [-0.1, -0.05) is 13.8 Å². The second-order valence-corrected chi connectivity index (χ2v) is 2.10. The highest BCUT2D eigenvalue weighted by Gasteiger charge is 2.06. The number of ketones is 1. The topological polar surface area (TPSA) is 55.5 Å². The van der Waals surface area contributed by atoms with Crippen molar-refractivity contribution in [3.8, 4) is 0 Å². The summed E-state index contributed by atoms with van der Waals surface area (Å²) in [5.74, 6) is 5.06. The number of hydrogen-bond acceptors (Lipinski definition) is 3. The molecule has 0 heterocycles. The number of nitrogens with two attached hydrogens (primary N) is 1. The minimum atomic E-state index is 0.0764. The van der Waals surface area contributed by atoms with E-state index in [1.165, 1.54) is 0 Å². The van der Waals surface area contributed by atoms with Gasteiger partial charge in [0.05, 0.1) is 0 Å². The molecule has 0 aromatic carbocycles. The summed E-state index contributed by atoms with van der Waals surface area (Å²) in [5.41, 5.74) is 0.502. The maximum absolute atomic E-state index is 11.0. The van der Waals surface area contributed by atoms with Crippen molar-refractivity contribution in [3.05, 3.63) is 0 Å². The maximum atomic E-state index is 11.0. The Hall–Kier alpha value is -0.860. The van der Waals surface area contributed by atoms with Crippen LogP contribution in [0.2, 0.25) is 0 Å². The van der Waals surface area contributed by atoms with E-state index in [-0.39, 0.29) is 5.78 Å². The predicted octanol–water partition coefficient (Wildman–Crippen LogP) is 1.08. The highest BCUT2D eigenvalue weighted by atomic mass is 16.1. The first-order valence-electron chi connectivity index (χ1n) is 3.56. The van der Waals surface area contributed by atoms with Gasteiger partial charge in [0, 0.05) is 6.42 Å². The summed E-state index contributed by atoms with van der Waals surface area (Å²) >= 11 is 0. The van der Waals surface area contributed by atoms with Gasteiger partial charge >= 0.3 is 0 Å². The van der Waals surface area contributed by atoms with Crippen LogP contribution in [0.15, 0.2) is 5.10 Å². The van der Waals surface area contributed by atoms with Crippen LogP contribution < -0.4 is 5.84 Å². The molecule has 0 aliphatic carbocycles. The fourth-order valence-electron chi connectivity index (χ4n) is 0.732. The molecule has 0 bridgehead atoms. The third kappa shape index (κ3) is 2.62. The average molecular weight is 142 g/mol. The molecule has 0 rings (SSSR count). The zero-order valence-corrected chi connectivity index (χ0v) is 6.55. The molecule has 3 nitrogen and oxygen atoms in total. The second-order valence-electron chi connectivity index (χ2n) is 2.10. The normalized spacial score (nSPS) is 11.6. The van der Waals surface area contributed by atoms with E-state index >= 15 is 0 Å². The number of carbonyl (C=O) groups excluding carboxylic acids is 1. The van der Waals surface area contributed by atoms with Gasteiger partial charge in [-0.15, -0.1) is 0 Å². The number of carbonyl (C=O) groups is 1. The van der Waals surface area contributed by atoms with Crippen molar-refractivity contribution in [2.45, 2.75) is 33.1 Å². The highest BCUT2D eigenvalue weighted by Crippen LogP contribution is 1.94. The highest BCUT2D eigenvalue weighted by molar-refractivity contribution is 6.39. The molecule has 0 saturated carbocycles. The van der Waals surface area contributed by atoms with Crippen LogP contribution in [0.5, 0.6) is 0 Å².